The van der Waals surface area contributed by atoms with Crippen molar-refractivity contribution >= 4 is 40.5 Å². The molecule has 6 aliphatic heterocycles. The molecule has 3 aromatic heterocycles. The third kappa shape index (κ3) is 9.13. The van der Waals surface area contributed by atoms with Gasteiger partial charge in [0.15, 0.2) is 5.82 Å². The lowest BCUT2D eigenvalue weighted by Crippen LogP contribution is -2.69. The maximum absolute atomic E-state index is 14.6. The number of alkyl halides is 3. The van der Waals surface area contributed by atoms with Crippen LogP contribution < -0.4 is 20.8 Å². The minimum atomic E-state index is -4.73. The molecule has 2 unspecified atom stereocenters. The number of hydrogen-bond donors (Lipinski definition) is 2. The number of nitrogens with zero attached hydrogens (tertiary/aromatic N) is 10. The molecular formula is C52H54F3N11O7. The number of amides is 4. The topological polar surface area (TPSA) is 183 Å². The minimum Gasteiger partial charge on any atom is -0.380 e. The van der Waals surface area contributed by atoms with Gasteiger partial charge in [-0.15, -0.1) is 10.2 Å². The molecule has 0 saturated carbocycles. The van der Waals surface area contributed by atoms with Gasteiger partial charge in [0.2, 0.25) is 11.8 Å². The van der Waals surface area contributed by atoms with Crippen molar-refractivity contribution in [1.29, 1.82) is 0 Å². The number of nitrogens with one attached hydrogen (secondary N) is 1. The number of likely N-dealkylation sites (N-methyl/N-ethyl adjacent to an activating group) is 1. The Labute approximate surface area is 417 Å². The second kappa shape index (κ2) is 18.9. The molecule has 2 N–H and O–H groups in total. The van der Waals surface area contributed by atoms with Crippen molar-refractivity contribution in [3.8, 4) is 5.69 Å². The number of likely N-dealkylation sites (tertiary alicyclic amines) is 1. The number of imide groups is 1. The summed E-state index contributed by atoms with van der Waals surface area (Å²) in [4.78, 5) is 74.6. The maximum atomic E-state index is 14.6. The van der Waals surface area contributed by atoms with E-state index < -0.39 is 35.5 Å². The van der Waals surface area contributed by atoms with Crippen molar-refractivity contribution in [3.63, 3.8) is 0 Å². The van der Waals surface area contributed by atoms with Crippen LogP contribution in [0.3, 0.4) is 0 Å². The molecule has 21 heteroatoms. The fourth-order valence-corrected chi connectivity index (χ4v) is 11.2. The number of aliphatic hydroxyl groups is 1. The summed E-state index contributed by atoms with van der Waals surface area (Å²) >= 11 is 0. The zero-order valence-electron chi connectivity index (χ0n) is 40.2. The monoisotopic (exact) mass is 1000 g/mol. The van der Waals surface area contributed by atoms with Crippen LogP contribution in [0.5, 0.6) is 0 Å². The molecule has 73 heavy (non-hydrogen) atoms. The second-order valence-corrected chi connectivity index (χ2v) is 19.8. The van der Waals surface area contributed by atoms with Crippen LogP contribution in [-0.4, -0.2) is 138 Å². The third-order valence-electron chi connectivity index (χ3n) is 15.1. The van der Waals surface area contributed by atoms with Crippen molar-refractivity contribution < 1.29 is 42.2 Å². The number of hydrogen-bond acceptors (Lipinski definition) is 12. The van der Waals surface area contributed by atoms with E-state index in [1.54, 1.807) is 46.7 Å². The summed E-state index contributed by atoms with van der Waals surface area (Å²) in [6.45, 7) is 3.99. The number of fused-ring (bicyclic) bond motifs is 4. The fourth-order valence-electron chi connectivity index (χ4n) is 11.2. The standard InChI is InChI=1S/C52H54F3N11O7/c1-59(49(70)32-6-8-35(9-7-32)62-27-38-23-39(28-62)66(38)37-10-11-41-34(22-37)26-64(50(41)71)43-12-13-45(67)57-48(43)69)18-19-73-40-14-16-61(17-15-40)24-31-20-42(52(53,54)55)44-29-63(51(72)65(44)25-31)36-5-3-4-33(21-36)46(68)47-58-56-30-60(47)2/h3-11,20-22,25,29-30,38-40,43,46,68H,12-19,23-24,26-28H2,1-2H3,(H,57,67,69)/t38?,39?,43-,46+/m0/s1. The number of rotatable bonds is 13. The minimum absolute atomic E-state index is 0.0826. The summed E-state index contributed by atoms with van der Waals surface area (Å²) in [6, 6.07) is 21.0. The van der Waals surface area contributed by atoms with Gasteiger partial charge in [0.25, 0.3) is 11.8 Å². The van der Waals surface area contributed by atoms with Gasteiger partial charge in [-0.2, -0.15) is 13.2 Å². The summed E-state index contributed by atoms with van der Waals surface area (Å²) in [7, 11) is 3.42. The highest BCUT2D eigenvalue weighted by molar-refractivity contribution is 6.05. The molecule has 0 aliphatic carbocycles. The van der Waals surface area contributed by atoms with Crippen LogP contribution in [0, 0.1) is 0 Å². The summed E-state index contributed by atoms with van der Waals surface area (Å²) in [6.07, 6.45) is 0.972. The number of carbonyl (C=O) groups excluding carboxylic acids is 4. The highest BCUT2D eigenvalue weighted by Gasteiger charge is 2.46. The normalized spacial score (nSPS) is 20.9. The van der Waals surface area contributed by atoms with Gasteiger partial charge in [0, 0.05) is 113 Å². The van der Waals surface area contributed by atoms with E-state index in [0.29, 0.717) is 74.3 Å². The van der Waals surface area contributed by atoms with Gasteiger partial charge in [-0.3, -0.25) is 38.4 Å². The number of pyridine rings is 1. The molecule has 5 saturated heterocycles. The highest BCUT2D eigenvalue weighted by atomic mass is 19.4. The Kier molecular flexibility index (Phi) is 12.4. The number of anilines is 2. The van der Waals surface area contributed by atoms with Crippen LogP contribution in [0.2, 0.25) is 0 Å². The summed E-state index contributed by atoms with van der Waals surface area (Å²) in [5, 5.41) is 21.0. The predicted molar refractivity (Wildman–Crippen MR) is 260 cm³/mol. The van der Waals surface area contributed by atoms with Crippen LogP contribution in [-0.2, 0) is 40.6 Å². The third-order valence-corrected chi connectivity index (χ3v) is 15.1. The lowest BCUT2D eigenvalue weighted by molar-refractivity contribution is -0.137. The first kappa shape index (κ1) is 47.9. The molecule has 9 heterocycles. The summed E-state index contributed by atoms with van der Waals surface area (Å²) in [5.74, 6) is -0.773. The van der Waals surface area contributed by atoms with Crippen molar-refractivity contribution in [2.75, 3.05) is 56.2 Å². The number of imidazole rings is 1. The van der Waals surface area contributed by atoms with E-state index in [1.807, 2.05) is 41.3 Å². The molecule has 5 fully saturated rings. The Hall–Kier alpha value is -7.36. The number of carbonyl (C=O) groups is 4. The molecular weight excluding hydrogens is 948 g/mol. The van der Waals surface area contributed by atoms with Crippen LogP contribution in [0.15, 0.2) is 96.3 Å². The molecule has 6 aliphatic rings. The molecule has 0 radical (unpaired) electrons. The highest BCUT2D eigenvalue weighted by Crippen LogP contribution is 2.41. The molecule has 2 bridgehead atoms. The number of halogens is 3. The molecule has 6 aromatic rings. The van der Waals surface area contributed by atoms with Gasteiger partial charge >= 0.3 is 11.9 Å². The van der Waals surface area contributed by atoms with Crippen molar-refractivity contribution in [2.45, 2.75) is 81.7 Å². The lowest BCUT2D eigenvalue weighted by Gasteiger charge is -2.58. The van der Waals surface area contributed by atoms with Gasteiger partial charge in [-0.1, -0.05) is 12.1 Å². The van der Waals surface area contributed by atoms with Crippen molar-refractivity contribution in [2.24, 2.45) is 7.05 Å². The van der Waals surface area contributed by atoms with E-state index in [-0.39, 0.29) is 65.9 Å². The van der Waals surface area contributed by atoms with Gasteiger partial charge in [0.1, 0.15) is 18.5 Å². The Morgan fingerprint density at radius 3 is 2.40 bits per heavy atom. The van der Waals surface area contributed by atoms with Crippen LogP contribution in [0.25, 0.3) is 11.2 Å². The summed E-state index contributed by atoms with van der Waals surface area (Å²) < 4.78 is 53.6. The predicted octanol–water partition coefficient (Wildman–Crippen LogP) is 4.30. The Morgan fingerprint density at radius 1 is 0.932 bits per heavy atom. The van der Waals surface area contributed by atoms with E-state index >= 15 is 0 Å². The van der Waals surface area contributed by atoms with Crippen LogP contribution >= 0.6 is 0 Å². The molecule has 3 aromatic carbocycles. The van der Waals surface area contributed by atoms with Crippen molar-refractivity contribution in [1.82, 2.24) is 43.7 Å². The van der Waals surface area contributed by atoms with Crippen LogP contribution in [0.4, 0.5) is 24.5 Å². The molecule has 0 spiro atoms. The Bertz CT molecular complexity index is 3190. The Morgan fingerprint density at radius 2 is 1.68 bits per heavy atom. The lowest BCUT2D eigenvalue weighted by atomic mass is 9.86. The zero-order chi connectivity index (χ0) is 50.9. The average Bonchev–Trinajstić information content (AvgIpc) is 4.07. The number of piperazine rings is 1. The molecule has 12 rings (SSSR count). The van der Waals surface area contributed by atoms with Crippen LogP contribution in [0.1, 0.15) is 87.0 Å². The van der Waals surface area contributed by atoms with E-state index in [2.05, 4.69) is 31.4 Å². The number of aryl methyl sites for hydroxylation is 1. The number of benzene rings is 3. The average molecular weight is 1000 g/mol. The maximum Gasteiger partial charge on any atom is 0.418 e. The van der Waals surface area contributed by atoms with Gasteiger partial charge < -0.3 is 34.0 Å². The van der Waals surface area contributed by atoms with Gasteiger partial charge in [-0.05, 0) is 103 Å². The molecule has 4 amide bonds. The zero-order valence-corrected chi connectivity index (χ0v) is 40.2. The van der Waals surface area contributed by atoms with Crippen molar-refractivity contribution in [3.05, 3.63) is 141 Å². The van der Waals surface area contributed by atoms with E-state index in [4.69, 9.17) is 4.74 Å². The van der Waals surface area contributed by atoms with Gasteiger partial charge in [-0.25, -0.2) is 4.79 Å². The largest absolute Gasteiger partial charge is 0.418 e. The quantitative estimate of drug-likeness (QED) is 0.157. The van der Waals surface area contributed by atoms with E-state index in [9.17, 15) is 42.3 Å². The molecule has 380 valence electrons. The first-order valence-corrected chi connectivity index (χ1v) is 24.5. The molecule has 4 atom stereocenters. The number of aliphatic hydroxyl groups excluding tert-OH is 1. The number of aromatic nitrogens is 5. The first-order chi connectivity index (χ1) is 35.1. The fraction of sp³-hybridized carbons (Fsp3) is 0.404. The Balaban J connectivity index is 0.648. The second-order valence-electron chi connectivity index (χ2n) is 19.8. The summed E-state index contributed by atoms with van der Waals surface area (Å²) in [5.41, 5.74) is 3.27. The number of piperidine rings is 3. The first-order valence-electron chi connectivity index (χ1n) is 24.5. The molecule has 18 nitrogen and oxygen atoms in total. The smallest absolute Gasteiger partial charge is 0.380 e. The number of ether oxygens (including phenoxy) is 1. The van der Waals surface area contributed by atoms with E-state index in [1.165, 1.54) is 24.8 Å². The van der Waals surface area contributed by atoms with E-state index in [0.717, 1.165) is 51.5 Å². The SMILES string of the molecule is CN(CCOC1CCN(Cc2cc(C(F)(F)F)c3cn(-c4cccc([C@@H](O)c5nncn5C)c4)c(=O)n3c2)CC1)C(=O)c1ccc(N2CC3CC(C2)N3c2ccc3c(c2)CN([C@H]2CCC(=O)NC2=O)C3=O)cc1. The van der Waals surface area contributed by atoms with Gasteiger partial charge in [0.05, 0.1) is 29.5 Å².